The largest absolute Gasteiger partial charge is 0.326 e. The first-order valence-corrected chi connectivity index (χ1v) is 6.52. The molecule has 1 fully saturated rings. The molecule has 1 saturated carbocycles. The van der Waals surface area contributed by atoms with Crippen molar-refractivity contribution >= 4 is 23.2 Å². The number of amides is 1. The van der Waals surface area contributed by atoms with Gasteiger partial charge in [-0.2, -0.15) is 0 Å². The fourth-order valence-electron chi connectivity index (χ4n) is 2.01. The summed E-state index contributed by atoms with van der Waals surface area (Å²) in [5.74, 6) is 0.937. The first kappa shape index (κ1) is 12.4. The molecule has 0 aromatic heterocycles. The standard InChI is InChI=1S/C14H18ClNO/c1-14(2)9-12(14)13(17)16-11-5-3-10(4-6-11)7-8-15/h3-6,12H,7-9H2,1-2H3,(H,16,17). The molecular formula is C14H18ClNO. The molecule has 0 aliphatic heterocycles. The second-order valence-corrected chi connectivity index (χ2v) is 5.75. The molecule has 1 amide bonds. The van der Waals surface area contributed by atoms with Gasteiger partial charge in [0.1, 0.15) is 0 Å². The van der Waals surface area contributed by atoms with Gasteiger partial charge in [0.15, 0.2) is 0 Å². The zero-order chi connectivity index (χ0) is 12.5. The van der Waals surface area contributed by atoms with Crippen LogP contribution in [0.2, 0.25) is 0 Å². The summed E-state index contributed by atoms with van der Waals surface area (Å²) in [5.41, 5.74) is 2.25. The zero-order valence-electron chi connectivity index (χ0n) is 10.3. The Labute approximate surface area is 107 Å². The number of nitrogens with one attached hydrogen (secondary N) is 1. The molecule has 92 valence electrons. The van der Waals surface area contributed by atoms with E-state index in [2.05, 4.69) is 19.2 Å². The molecule has 0 spiro atoms. The smallest absolute Gasteiger partial charge is 0.228 e. The van der Waals surface area contributed by atoms with Crippen molar-refractivity contribution < 1.29 is 4.79 Å². The van der Waals surface area contributed by atoms with Crippen LogP contribution in [0.15, 0.2) is 24.3 Å². The van der Waals surface area contributed by atoms with Gasteiger partial charge in [-0.15, -0.1) is 11.6 Å². The first-order chi connectivity index (χ1) is 8.03. The number of alkyl halides is 1. The Morgan fingerprint density at radius 1 is 1.41 bits per heavy atom. The van der Waals surface area contributed by atoms with E-state index in [1.54, 1.807) is 0 Å². The number of hydrogen-bond donors (Lipinski definition) is 1. The van der Waals surface area contributed by atoms with E-state index in [1.807, 2.05) is 24.3 Å². The summed E-state index contributed by atoms with van der Waals surface area (Å²) >= 11 is 5.67. The van der Waals surface area contributed by atoms with Crippen LogP contribution in [-0.2, 0) is 11.2 Å². The summed E-state index contributed by atoms with van der Waals surface area (Å²) in [7, 11) is 0. The zero-order valence-corrected chi connectivity index (χ0v) is 11.1. The Morgan fingerprint density at radius 3 is 2.47 bits per heavy atom. The van der Waals surface area contributed by atoms with Gasteiger partial charge in [-0.05, 0) is 36.0 Å². The fraction of sp³-hybridized carbons (Fsp3) is 0.500. The number of aryl methyl sites for hydroxylation is 1. The summed E-state index contributed by atoms with van der Waals surface area (Å²) in [6.45, 7) is 4.25. The van der Waals surface area contributed by atoms with Crippen LogP contribution >= 0.6 is 11.6 Å². The number of halogens is 1. The van der Waals surface area contributed by atoms with Crippen LogP contribution in [-0.4, -0.2) is 11.8 Å². The molecule has 0 heterocycles. The Balaban J connectivity index is 1.93. The average molecular weight is 252 g/mol. The lowest BCUT2D eigenvalue weighted by Gasteiger charge is -2.07. The monoisotopic (exact) mass is 251 g/mol. The molecule has 0 bridgehead atoms. The van der Waals surface area contributed by atoms with Crippen LogP contribution in [0.25, 0.3) is 0 Å². The summed E-state index contributed by atoms with van der Waals surface area (Å²) < 4.78 is 0. The number of carbonyl (C=O) groups excluding carboxylic acids is 1. The van der Waals surface area contributed by atoms with Crippen molar-refractivity contribution in [1.29, 1.82) is 0 Å². The molecule has 1 aromatic carbocycles. The molecule has 1 unspecified atom stereocenters. The van der Waals surface area contributed by atoms with Gasteiger partial charge in [0.05, 0.1) is 0 Å². The molecule has 17 heavy (non-hydrogen) atoms. The summed E-state index contributed by atoms with van der Waals surface area (Å²) in [6, 6.07) is 7.90. The van der Waals surface area contributed by atoms with Crippen LogP contribution in [0.3, 0.4) is 0 Å². The maximum absolute atomic E-state index is 11.9. The Bertz CT molecular complexity index is 411. The molecule has 3 heteroatoms. The fourth-order valence-corrected chi connectivity index (χ4v) is 2.23. The number of rotatable bonds is 4. The van der Waals surface area contributed by atoms with E-state index < -0.39 is 0 Å². The highest BCUT2D eigenvalue weighted by Gasteiger charge is 2.50. The van der Waals surface area contributed by atoms with Crippen molar-refractivity contribution in [2.45, 2.75) is 26.7 Å². The maximum Gasteiger partial charge on any atom is 0.228 e. The molecule has 1 N–H and O–H groups in total. The Kier molecular flexibility index (Phi) is 3.43. The minimum Gasteiger partial charge on any atom is -0.326 e. The van der Waals surface area contributed by atoms with Crippen LogP contribution < -0.4 is 5.32 Å². The van der Waals surface area contributed by atoms with E-state index in [1.165, 1.54) is 5.56 Å². The van der Waals surface area contributed by atoms with Crippen molar-refractivity contribution in [1.82, 2.24) is 0 Å². The van der Waals surface area contributed by atoms with Gasteiger partial charge in [0.25, 0.3) is 0 Å². The summed E-state index contributed by atoms with van der Waals surface area (Å²) in [6.07, 6.45) is 1.86. The van der Waals surface area contributed by atoms with E-state index in [4.69, 9.17) is 11.6 Å². The van der Waals surface area contributed by atoms with Gasteiger partial charge in [-0.25, -0.2) is 0 Å². The molecule has 1 atom stereocenters. The predicted octanol–water partition coefficient (Wildman–Crippen LogP) is 3.45. The molecule has 0 radical (unpaired) electrons. The second kappa shape index (κ2) is 4.69. The maximum atomic E-state index is 11.9. The average Bonchev–Trinajstić information content (AvgIpc) is 2.91. The van der Waals surface area contributed by atoms with Crippen LogP contribution in [0.4, 0.5) is 5.69 Å². The summed E-state index contributed by atoms with van der Waals surface area (Å²) in [4.78, 5) is 11.9. The molecule has 2 nitrogen and oxygen atoms in total. The third-order valence-electron chi connectivity index (χ3n) is 3.43. The van der Waals surface area contributed by atoms with Crippen molar-refractivity contribution in [2.24, 2.45) is 11.3 Å². The van der Waals surface area contributed by atoms with E-state index in [0.717, 1.165) is 18.5 Å². The van der Waals surface area contributed by atoms with Gasteiger partial charge in [0.2, 0.25) is 5.91 Å². The molecule has 0 saturated heterocycles. The third kappa shape index (κ3) is 3.01. The van der Waals surface area contributed by atoms with E-state index >= 15 is 0 Å². The predicted molar refractivity (Wildman–Crippen MR) is 71.4 cm³/mol. The number of anilines is 1. The van der Waals surface area contributed by atoms with Gasteiger partial charge >= 0.3 is 0 Å². The van der Waals surface area contributed by atoms with Crippen LogP contribution in [0.5, 0.6) is 0 Å². The van der Waals surface area contributed by atoms with E-state index in [-0.39, 0.29) is 17.2 Å². The van der Waals surface area contributed by atoms with Crippen LogP contribution in [0.1, 0.15) is 25.8 Å². The molecular weight excluding hydrogens is 234 g/mol. The van der Waals surface area contributed by atoms with E-state index in [9.17, 15) is 4.79 Å². The summed E-state index contributed by atoms with van der Waals surface area (Å²) in [5, 5.41) is 2.96. The number of carbonyl (C=O) groups is 1. The van der Waals surface area contributed by atoms with Crippen molar-refractivity contribution in [3.05, 3.63) is 29.8 Å². The van der Waals surface area contributed by atoms with Gasteiger partial charge in [0, 0.05) is 17.5 Å². The highest BCUT2D eigenvalue weighted by atomic mass is 35.5. The minimum absolute atomic E-state index is 0.139. The molecule has 2 rings (SSSR count). The molecule has 1 aliphatic rings. The molecule has 1 aliphatic carbocycles. The lowest BCUT2D eigenvalue weighted by molar-refractivity contribution is -0.117. The van der Waals surface area contributed by atoms with Crippen molar-refractivity contribution in [2.75, 3.05) is 11.2 Å². The number of hydrogen-bond acceptors (Lipinski definition) is 1. The topological polar surface area (TPSA) is 29.1 Å². The quantitative estimate of drug-likeness (QED) is 0.816. The molecule has 1 aromatic rings. The number of benzene rings is 1. The minimum atomic E-state index is 0.139. The first-order valence-electron chi connectivity index (χ1n) is 5.99. The Morgan fingerprint density at radius 2 is 2.00 bits per heavy atom. The highest BCUT2D eigenvalue weighted by molar-refractivity contribution is 6.18. The van der Waals surface area contributed by atoms with Crippen molar-refractivity contribution in [3.63, 3.8) is 0 Å². The third-order valence-corrected chi connectivity index (χ3v) is 3.62. The van der Waals surface area contributed by atoms with E-state index in [0.29, 0.717) is 5.88 Å². The van der Waals surface area contributed by atoms with Gasteiger partial charge in [-0.3, -0.25) is 4.79 Å². The SMILES string of the molecule is CC1(C)CC1C(=O)Nc1ccc(CCCl)cc1. The highest BCUT2D eigenvalue weighted by Crippen LogP contribution is 2.51. The second-order valence-electron chi connectivity index (χ2n) is 5.37. The van der Waals surface area contributed by atoms with Gasteiger partial charge < -0.3 is 5.32 Å². The van der Waals surface area contributed by atoms with Crippen LogP contribution in [0, 0.1) is 11.3 Å². The van der Waals surface area contributed by atoms with Crippen molar-refractivity contribution in [3.8, 4) is 0 Å². The lowest BCUT2D eigenvalue weighted by atomic mass is 10.1. The Hall–Kier alpha value is -1.02. The lowest BCUT2D eigenvalue weighted by Crippen LogP contribution is -2.16. The van der Waals surface area contributed by atoms with Gasteiger partial charge in [-0.1, -0.05) is 26.0 Å². The normalized spacial score (nSPS) is 21.0.